The average Bonchev–Trinajstić information content (AvgIpc) is 2.95. The monoisotopic (exact) mass is 615 g/mol. The normalized spacial score (nSPS) is 12.4. The van der Waals surface area contributed by atoms with Crippen LogP contribution in [0.25, 0.3) is 0 Å². The number of nitrogens with one attached hydrogen (secondary N) is 4. The number of carboxylic acid groups (broad SMARTS) is 2. The van der Waals surface area contributed by atoms with Gasteiger partial charge < -0.3 is 42.3 Å². The molecule has 0 fully saturated rings. The summed E-state index contributed by atoms with van der Waals surface area (Å²) in [5, 5.41) is 36.0. The lowest BCUT2D eigenvalue weighted by Gasteiger charge is -2.22. The summed E-state index contributed by atoms with van der Waals surface area (Å²) >= 11 is 0. The van der Waals surface area contributed by atoms with Gasteiger partial charge >= 0.3 is 5.97 Å². The highest BCUT2D eigenvalue weighted by Gasteiger charge is 2.27. The van der Waals surface area contributed by atoms with Gasteiger partial charge in [-0.2, -0.15) is 0 Å². The van der Waals surface area contributed by atoms with Crippen LogP contribution in [0.1, 0.15) is 38.3 Å². The number of benzene rings is 2. The molecule has 14 nitrogen and oxygen atoms in total. The Bertz CT molecular complexity index is 1250. The van der Waals surface area contributed by atoms with Gasteiger partial charge in [0.25, 0.3) is 5.97 Å². The van der Waals surface area contributed by atoms with E-state index in [2.05, 4.69) is 21.3 Å². The van der Waals surface area contributed by atoms with Gasteiger partial charge in [0.1, 0.15) is 17.8 Å². The second-order valence-corrected chi connectivity index (χ2v) is 10.3. The van der Waals surface area contributed by atoms with Gasteiger partial charge in [0.05, 0.1) is 19.1 Å². The smallest absolute Gasteiger partial charge is 0.326 e. The maximum Gasteiger partial charge on any atom is 0.326 e. The van der Waals surface area contributed by atoms with E-state index in [0.717, 1.165) is 18.1 Å². The first-order valence-electron chi connectivity index (χ1n) is 13.8. The Morgan fingerprint density at radius 3 is 1.82 bits per heavy atom. The predicted molar refractivity (Wildman–Crippen MR) is 160 cm³/mol. The molecule has 2 rings (SSSR count). The Morgan fingerprint density at radius 2 is 1.27 bits per heavy atom. The highest BCUT2D eigenvalue weighted by Crippen LogP contribution is 2.11. The van der Waals surface area contributed by atoms with Crippen molar-refractivity contribution in [2.24, 2.45) is 11.7 Å². The van der Waals surface area contributed by atoms with Crippen LogP contribution in [0.2, 0.25) is 0 Å². The van der Waals surface area contributed by atoms with Crippen molar-refractivity contribution in [3.63, 3.8) is 0 Å². The van der Waals surface area contributed by atoms with E-state index < -0.39 is 66.8 Å². The van der Waals surface area contributed by atoms with Crippen LogP contribution in [0, 0.1) is 5.92 Å². The SMILES string of the molecule is CC(=O)O.CC(C)C[C@H](NC(=O)[C@H](Cc1ccccc1)NC(=O)CNC(=O)CNC(=O)[C@@H](N)Cc1ccc(O)cc1)C(=O)O. The molecule has 0 saturated heterocycles. The van der Waals surface area contributed by atoms with Crippen LogP contribution in [0.4, 0.5) is 0 Å². The zero-order chi connectivity index (χ0) is 33.2. The second-order valence-electron chi connectivity index (χ2n) is 10.3. The van der Waals surface area contributed by atoms with Gasteiger partial charge in [-0.15, -0.1) is 0 Å². The summed E-state index contributed by atoms with van der Waals surface area (Å²) in [6, 6.07) is 12.0. The standard InChI is InChI=1S/C28H37N5O7.C2H4O2/c1-17(2)12-23(28(39)40)33-27(38)22(14-18-6-4-3-5-7-18)32-25(36)16-30-24(35)15-31-26(37)21(29)13-19-8-10-20(34)11-9-19;1-2(3)4/h3-11,17,21-23,34H,12-16,29H2,1-2H3,(H,30,35)(H,31,37)(H,32,36)(H,33,38)(H,39,40);1H3,(H,3,4)/t21-,22-,23-;/m0./s1. The Balaban J connectivity index is 0.00000227. The molecule has 2 aromatic rings. The van der Waals surface area contributed by atoms with Gasteiger partial charge in [-0.25, -0.2) is 4.79 Å². The molecule has 0 bridgehead atoms. The van der Waals surface area contributed by atoms with Gasteiger partial charge in [0.2, 0.25) is 23.6 Å². The fourth-order valence-electron chi connectivity index (χ4n) is 3.79. The van der Waals surface area contributed by atoms with E-state index in [9.17, 15) is 34.2 Å². The molecular formula is C30H41N5O9. The highest BCUT2D eigenvalue weighted by molar-refractivity contribution is 5.93. The summed E-state index contributed by atoms with van der Waals surface area (Å²) in [7, 11) is 0. The molecular weight excluding hydrogens is 574 g/mol. The maximum atomic E-state index is 13.0. The van der Waals surface area contributed by atoms with E-state index in [4.69, 9.17) is 15.6 Å². The quantitative estimate of drug-likeness (QED) is 0.133. The van der Waals surface area contributed by atoms with E-state index in [1.165, 1.54) is 12.1 Å². The first-order valence-corrected chi connectivity index (χ1v) is 13.8. The van der Waals surface area contributed by atoms with Crippen molar-refractivity contribution in [1.82, 2.24) is 21.3 Å². The van der Waals surface area contributed by atoms with Crippen LogP contribution in [-0.4, -0.2) is 82.1 Å². The number of phenolic OH excluding ortho intramolecular Hbond substituents is 1. The lowest BCUT2D eigenvalue weighted by Crippen LogP contribution is -2.54. The molecule has 9 N–H and O–H groups in total. The first-order chi connectivity index (χ1) is 20.7. The number of nitrogens with two attached hydrogens (primary N) is 1. The summed E-state index contributed by atoms with van der Waals surface area (Å²) in [6.45, 7) is 3.86. The molecule has 0 aliphatic rings. The van der Waals surface area contributed by atoms with E-state index in [1.54, 1.807) is 42.5 Å². The highest BCUT2D eigenvalue weighted by atomic mass is 16.4. The lowest BCUT2D eigenvalue weighted by atomic mass is 10.0. The van der Waals surface area contributed by atoms with E-state index in [1.807, 2.05) is 13.8 Å². The summed E-state index contributed by atoms with van der Waals surface area (Å²) in [5.74, 6) is -4.45. The largest absolute Gasteiger partial charge is 0.508 e. The van der Waals surface area contributed by atoms with Crippen LogP contribution in [-0.2, 0) is 41.6 Å². The molecule has 44 heavy (non-hydrogen) atoms. The summed E-state index contributed by atoms with van der Waals surface area (Å²) < 4.78 is 0. The molecule has 4 amide bonds. The number of phenols is 1. The topological polar surface area (TPSA) is 237 Å². The van der Waals surface area contributed by atoms with Crippen LogP contribution in [0.3, 0.4) is 0 Å². The molecule has 240 valence electrons. The Hall–Kier alpha value is -4.98. The number of carbonyl (C=O) groups excluding carboxylic acids is 4. The van der Waals surface area contributed by atoms with Crippen molar-refractivity contribution in [2.75, 3.05) is 13.1 Å². The Kier molecular flexibility index (Phi) is 16.2. The van der Waals surface area contributed by atoms with Crippen LogP contribution in [0.15, 0.2) is 54.6 Å². The minimum Gasteiger partial charge on any atom is -0.508 e. The number of rotatable bonds is 15. The van der Waals surface area contributed by atoms with Gasteiger partial charge in [-0.1, -0.05) is 56.3 Å². The van der Waals surface area contributed by atoms with Crippen LogP contribution in [0.5, 0.6) is 5.75 Å². The molecule has 0 heterocycles. The minimum atomic E-state index is -1.18. The zero-order valence-electron chi connectivity index (χ0n) is 24.9. The zero-order valence-corrected chi connectivity index (χ0v) is 24.9. The molecule has 3 atom stereocenters. The molecule has 2 aromatic carbocycles. The molecule has 0 aromatic heterocycles. The van der Waals surface area contributed by atoms with Gasteiger partial charge in [-0.3, -0.25) is 24.0 Å². The molecule has 0 unspecified atom stereocenters. The third-order valence-corrected chi connectivity index (χ3v) is 5.85. The van der Waals surface area contributed by atoms with Gasteiger partial charge in [0.15, 0.2) is 0 Å². The maximum absolute atomic E-state index is 13.0. The number of aromatic hydroxyl groups is 1. The fourth-order valence-corrected chi connectivity index (χ4v) is 3.79. The number of carbonyl (C=O) groups is 6. The van der Waals surface area contributed by atoms with Crippen molar-refractivity contribution >= 4 is 35.6 Å². The molecule has 14 heteroatoms. The van der Waals surface area contributed by atoms with Crippen molar-refractivity contribution in [3.8, 4) is 5.75 Å². The van der Waals surface area contributed by atoms with E-state index >= 15 is 0 Å². The fraction of sp³-hybridized carbons (Fsp3) is 0.400. The van der Waals surface area contributed by atoms with Crippen LogP contribution < -0.4 is 27.0 Å². The number of hydrogen-bond acceptors (Lipinski definition) is 8. The number of amides is 4. The first kappa shape index (κ1) is 37.0. The average molecular weight is 616 g/mol. The molecule has 0 aliphatic carbocycles. The number of carboxylic acids is 2. The van der Waals surface area contributed by atoms with Crippen molar-refractivity contribution in [2.45, 2.75) is 58.2 Å². The Labute approximate surface area is 255 Å². The van der Waals surface area contributed by atoms with E-state index in [-0.39, 0.29) is 30.9 Å². The number of aliphatic carboxylic acids is 2. The number of hydrogen-bond donors (Lipinski definition) is 8. The second kappa shape index (κ2) is 19.3. The summed E-state index contributed by atoms with van der Waals surface area (Å²) in [4.78, 5) is 70.6. The predicted octanol–water partition coefficient (Wildman–Crippen LogP) is -0.0717. The molecule has 0 spiro atoms. The third kappa shape index (κ3) is 15.9. The third-order valence-electron chi connectivity index (χ3n) is 5.85. The molecule has 0 saturated carbocycles. The van der Waals surface area contributed by atoms with E-state index in [0.29, 0.717) is 0 Å². The van der Waals surface area contributed by atoms with Gasteiger partial charge in [-0.05, 0) is 42.0 Å². The van der Waals surface area contributed by atoms with Gasteiger partial charge in [0, 0.05) is 13.3 Å². The van der Waals surface area contributed by atoms with Crippen molar-refractivity contribution < 1.29 is 44.1 Å². The van der Waals surface area contributed by atoms with Crippen molar-refractivity contribution in [3.05, 3.63) is 65.7 Å². The molecule has 0 radical (unpaired) electrons. The summed E-state index contributed by atoms with van der Waals surface area (Å²) in [6.07, 6.45) is 0.518. The Morgan fingerprint density at radius 1 is 0.727 bits per heavy atom. The van der Waals surface area contributed by atoms with Crippen LogP contribution >= 0.6 is 0 Å². The van der Waals surface area contributed by atoms with Crippen molar-refractivity contribution in [1.29, 1.82) is 0 Å². The molecule has 0 aliphatic heterocycles. The minimum absolute atomic E-state index is 0.0154. The summed E-state index contributed by atoms with van der Waals surface area (Å²) in [5.41, 5.74) is 7.35. The lowest BCUT2D eigenvalue weighted by molar-refractivity contribution is -0.142.